The van der Waals surface area contributed by atoms with Gasteiger partial charge >= 0.3 is 0 Å². The first-order valence-corrected chi connectivity index (χ1v) is 8.94. The van der Waals surface area contributed by atoms with Crippen LogP contribution in [0.1, 0.15) is 9.75 Å². The molecule has 0 bridgehead atoms. The van der Waals surface area contributed by atoms with Crippen molar-refractivity contribution >= 4 is 38.6 Å². The molecule has 0 aliphatic heterocycles. The molecule has 5 heteroatoms. The molecule has 0 fully saturated rings. The molecule has 19 heavy (non-hydrogen) atoms. The Labute approximate surface area is 131 Å². The van der Waals surface area contributed by atoms with Crippen molar-refractivity contribution in [1.29, 1.82) is 0 Å². The zero-order valence-electron chi connectivity index (χ0n) is 11.1. The highest BCUT2D eigenvalue weighted by Crippen LogP contribution is 2.19. The van der Waals surface area contributed by atoms with Gasteiger partial charge in [0.2, 0.25) is 0 Å². The molecule has 0 amide bonds. The van der Waals surface area contributed by atoms with E-state index in [9.17, 15) is 0 Å². The van der Waals surface area contributed by atoms with Crippen LogP contribution in [-0.4, -0.2) is 31.6 Å². The minimum Gasteiger partial charge on any atom is -0.311 e. The van der Waals surface area contributed by atoms with E-state index in [0.717, 1.165) is 32.6 Å². The Balaban J connectivity index is 1.55. The Hall–Kier alpha value is -0.200. The van der Waals surface area contributed by atoms with Gasteiger partial charge in [0, 0.05) is 45.8 Å². The van der Waals surface area contributed by atoms with Crippen LogP contribution in [0.5, 0.6) is 0 Å². The first kappa shape index (κ1) is 15.2. The van der Waals surface area contributed by atoms with Crippen molar-refractivity contribution in [2.24, 2.45) is 0 Å². The number of halogens is 1. The first-order valence-electron chi connectivity index (χ1n) is 6.38. The summed E-state index contributed by atoms with van der Waals surface area (Å²) in [5.41, 5.74) is 0. The van der Waals surface area contributed by atoms with Gasteiger partial charge in [0.15, 0.2) is 0 Å². The van der Waals surface area contributed by atoms with Crippen LogP contribution in [0.25, 0.3) is 0 Å². The van der Waals surface area contributed by atoms with Crippen molar-refractivity contribution in [3.05, 3.63) is 43.2 Å². The summed E-state index contributed by atoms with van der Waals surface area (Å²) in [5.74, 6) is 0. The normalized spacial score (nSPS) is 11.3. The van der Waals surface area contributed by atoms with Gasteiger partial charge in [-0.05, 0) is 46.9 Å². The fourth-order valence-electron chi connectivity index (χ4n) is 1.80. The lowest BCUT2D eigenvalue weighted by atomic mass is 10.3. The Morgan fingerprint density at radius 1 is 1.26 bits per heavy atom. The van der Waals surface area contributed by atoms with E-state index in [2.05, 4.69) is 62.2 Å². The number of rotatable bonds is 8. The van der Waals surface area contributed by atoms with Gasteiger partial charge in [-0.1, -0.05) is 6.07 Å². The highest BCUT2D eigenvalue weighted by molar-refractivity contribution is 9.10. The maximum Gasteiger partial charge on any atom is 0.0300 e. The minimum absolute atomic E-state index is 0.967. The van der Waals surface area contributed by atoms with E-state index >= 15 is 0 Å². The molecule has 2 heterocycles. The largest absolute Gasteiger partial charge is 0.311 e. The third-order valence-electron chi connectivity index (χ3n) is 2.91. The molecule has 0 radical (unpaired) electrons. The lowest BCUT2D eigenvalue weighted by Crippen LogP contribution is -2.30. The second-order valence-corrected chi connectivity index (χ2v) is 7.48. The van der Waals surface area contributed by atoms with E-state index in [1.165, 1.54) is 14.2 Å². The van der Waals surface area contributed by atoms with Gasteiger partial charge in [-0.3, -0.25) is 0 Å². The van der Waals surface area contributed by atoms with Gasteiger partial charge in [-0.25, -0.2) is 0 Å². The maximum atomic E-state index is 3.49. The molecule has 2 rings (SSSR count). The molecule has 104 valence electrons. The fourth-order valence-corrected chi connectivity index (χ4v) is 3.91. The lowest BCUT2D eigenvalue weighted by Gasteiger charge is -2.16. The quantitative estimate of drug-likeness (QED) is 0.721. The fraction of sp³-hybridized carbons (Fsp3) is 0.429. The molecule has 0 atom stereocenters. The first-order chi connectivity index (χ1) is 9.24. The SMILES string of the molecule is CN(CCNCc1cc(Br)cs1)CCc1cccs1. The van der Waals surface area contributed by atoms with E-state index in [1.54, 1.807) is 11.3 Å². The molecule has 2 aromatic heterocycles. The summed E-state index contributed by atoms with van der Waals surface area (Å²) < 4.78 is 1.18. The summed E-state index contributed by atoms with van der Waals surface area (Å²) in [4.78, 5) is 5.24. The number of nitrogens with zero attached hydrogens (tertiary/aromatic N) is 1. The number of hydrogen-bond donors (Lipinski definition) is 1. The molecule has 2 nitrogen and oxygen atoms in total. The van der Waals surface area contributed by atoms with Gasteiger partial charge in [0.05, 0.1) is 0 Å². The smallest absolute Gasteiger partial charge is 0.0300 e. The van der Waals surface area contributed by atoms with Gasteiger partial charge in [-0.15, -0.1) is 22.7 Å². The molecule has 2 aromatic rings. The number of likely N-dealkylation sites (N-methyl/N-ethyl adjacent to an activating group) is 1. The molecule has 1 N–H and O–H groups in total. The molecule has 0 spiro atoms. The number of hydrogen-bond acceptors (Lipinski definition) is 4. The highest BCUT2D eigenvalue weighted by atomic mass is 79.9. The van der Waals surface area contributed by atoms with E-state index in [1.807, 2.05) is 11.3 Å². The van der Waals surface area contributed by atoms with Gasteiger partial charge < -0.3 is 10.2 Å². The summed E-state index contributed by atoms with van der Waals surface area (Å²) >= 11 is 7.12. The van der Waals surface area contributed by atoms with Crippen LogP contribution < -0.4 is 5.32 Å². The second kappa shape index (κ2) is 8.17. The van der Waals surface area contributed by atoms with Crippen LogP contribution in [0.2, 0.25) is 0 Å². The zero-order valence-corrected chi connectivity index (χ0v) is 14.3. The maximum absolute atomic E-state index is 3.49. The van der Waals surface area contributed by atoms with Crippen molar-refractivity contribution in [3.8, 4) is 0 Å². The van der Waals surface area contributed by atoms with Crippen LogP contribution in [-0.2, 0) is 13.0 Å². The van der Waals surface area contributed by atoms with Crippen molar-refractivity contribution in [1.82, 2.24) is 10.2 Å². The summed E-state index contributed by atoms with van der Waals surface area (Å²) in [5, 5.41) is 7.77. The Morgan fingerprint density at radius 3 is 2.84 bits per heavy atom. The average Bonchev–Trinajstić information content (AvgIpc) is 3.04. The monoisotopic (exact) mass is 358 g/mol. The van der Waals surface area contributed by atoms with E-state index in [4.69, 9.17) is 0 Å². The molecule has 0 saturated carbocycles. The van der Waals surface area contributed by atoms with Gasteiger partial charge in [-0.2, -0.15) is 0 Å². The summed E-state index contributed by atoms with van der Waals surface area (Å²) in [6, 6.07) is 6.52. The topological polar surface area (TPSA) is 15.3 Å². The van der Waals surface area contributed by atoms with E-state index in [0.29, 0.717) is 0 Å². The third-order valence-corrected chi connectivity index (χ3v) is 5.55. The summed E-state index contributed by atoms with van der Waals surface area (Å²) in [6.07, 6.45) is 1.16. The van der Waals surface area contributed by atoms with Crippen molar-refractivity contribution < 1.29 is 0 Å². The Morgan fingerprint density at radius 2 is 2.16 bits per heavy atom. The van der Waals surface area contributed by atoms with E-state index < -0.39 is 0 Å². The Bertz CT molecular complexity index is 468. The van der Waals surface area contributed by atoms with Crippen LogP contribution in [0.4, 0.5) is 0 Å². The van der Waals surface area contributed by atoms with Gasteiger partial charge in [0.25, 0.3) is 0 Å². The standard InChI is InChI=1S/C14H19BrN2S2/c1-17(6-4-13-3-2-8-18-13)7-5-16-10-14-9-12(15)11-19-14/h2-3,8-9,11,16H,4-7,10H2,1H3. The van der Waals surface area contributed by atoms with Gasteiger partial charge in [0.1, 0.15) is 0 Å². The molecular weight excluding hydrogens is 340 g/mol. The van der Waals surface area contributed by atoms with Crippen LogP contribution >= 0.6 is 38.6 Å². The van der Waals surface area contributed by atoms with E-state index in [-0.39, 0.29) is 0 Å². The average molecular weight is 359 g/mol. The second-order valence-electron chi connectivity index (χ2n) is 4.54. The van der Waals surface area contributed by atoms with Crippen molar-refractivity contribution in [2.75, 3.05) is 26.7 Å². The third kappa shape index (κ3) is 5.75. The highest BCUT2D eigenvalue weighted by Gasteiger charge is 2.01. The van der Waals surface area contributed by atoms with Crippen molar-refractivity contribution in [3.63, 3.8) is 0 Å². The molecule has 0 aliphatic rings. The zero-order chi connectivity index (χ0) is 13.5. The predicted molar refractivity (Wildman–Crippen MR) is 89.2 cm³/mol. The van der Waals surface area contributed by atoms with Crippen LogP contribution in [0, 0.1) is 0 Å². The number of nitrogens with one attached hydrogen (secondary N) is 1. The van der Waals surface area contributed by atoms with Crippen LogP contribution in [0.15, 0.2) is 33.4 Å². The number of thiophene rings is 2. The summed E-state index contributed by atoms with van der Waals surface area (Å²) in [6.45, 7) is 4.23. The lowest BCUT2D eigenvalue weighted by molar-refractivity contribution is 0.336. The van der Waals surface area contributed by atoms with Crippen molar-refractivity contribution in [2.45, 2.75) is 13.0 Å². The van der Waals surface area contributed by atoms with Crippen LogP contribution in [0.3, 0.4) is 0 Å². The molecule has 0 saturated heterocycles. The Kier molecular flexibility index (Phi) is 6.53. The molecule has 0 aromatic carbocycles. The molecule has 0 unspecified atom stereocenters. The molecule has 0 aliphatic carbocycles. The summed E-state index contributed by atoms with van der Waals surface area (Å²) in [7, 11) is 2.19. The molecular formula is C14H19BrN2S2. The minimum atomic E-state index is 0.967. The predicted octanol–water partition coefficient (Wildman–Crippen LogP) is 3.84.